The van der Waals surface area contributed by atoms with Crippen molar-refractivity contribution in [2.75, 3.05) is 0 Å². The third-order valence-corrected chi connectivity index (χ3v) is 2.18. The Hall–Kier alpha value is -0.400. The first kappa shape index (κ1) is 7.70. The van der Waals surface area contributed by atoms with E-state index in [9.17, 15) is 9.18 Å². The van der Waals surface area contributed by atoms with E-state index < -0.39 is 5.67 Å². The van der Waals surface area contributed by atoms with Crippen LogP contribution >= 0.6 is 0 Å². The smallest absolute Gasteiger partial charge is 0.139 e. The zero-order valence-corrected chi connectivity index (χ0v) is 6.48. The lowest BCUT2D eigenvalue weighted by atomic mass is 10.2. The van der Waals surface area contributed by atoms with Crippen LogP contribution < -0.4 is 0 Å². The monoisotopic (exact) mass is 144 g/mol. The molecule has 0 saturated heterocycles. The molecule has 2 heteroatoms. The number of alkyl halides is 1. The summed E-state index contributed by atoms with van der Waals surface area (Å²) in [5.41, 5.74) is -1.02. The maximum atomic E-state index is 12.7. The number of halogens is 1. The summed E-state index contributed by atoms with van der Waals surface area (Å²) >= 11 is 0. The van der Waals surface area contributed by atoms with Gasteiger partial charge in [-0.25, -0.2) is 4.39 Å². The van der Waals surface area contributed by atoms with Gasteiger partial charge >= 0.3 is 0 Å². The number of ketones is 1. The summed E-state index contributed by atoms with van der Waals surface area (Å²) in [6.45, 7) is 4.00. The van der Waals surface area contributed by atoms with E-state index in [2.05, 4.69) is 0 Å². The van der Waals surface area contributed by atoms with Gasteiger partial charge in [0.15, 0.2) is 0 Å². The van der Waals surface area contributed by atoms with Crippen LogP contribution in [0.1, 0.15) is 33.1 Å². The van der Waals surface area contributed by atoms with E-state index in [1.807, 2.05) is 13.8 Å². The first-order valence-corrected chi connectivity index (χ1v) is 3.94. The van der Waals surface area contributed by atoms with Gasteiger partial charge in [0.05, 0.1) is 5.92 Å². The number of hydrogen-bond donors (Lipinski definition) is 0. The van der Waals surface area contributed by atoms with Gasteiger partial charge in [0.25, 0.3) is 0 Å². The van der Waals surface area contributed by atoms with Crippen LogP contribution in [0.5, 0.6) is 0 Å². The molecule has 0 N–H and O–H groups in total. The van der Waals surface area contributed by atoms with Crippen LogP contribution in [-0.2, 0) is 4.79 Å². The van der Waals surface area contributed by atoms with Crippen molar-refractivity contribution in [3.05, 3.63) is 0 Å². The molecule has 10 heavy (non-hydrogen) atoms. The molecular formula is C8H13FO. The van der Waals surface area contributed by atoms with E-state index in [1.165, 1.54) is 0 Å². The summed E-state index contributed by atoms with van der Waals surface area (Å²) in [5.74, 6) is -0.0324. The van der Waals surface area contributed by atoms with Crippen LogP contribution in [0.4, 0.5) is 4.39 Å². The van der Waals surface area contributed by atoms with Crippen LogP contribution in [0.2, 0.25) is 0 Å². The number of fused-ring (bicyclic) bond motifs is 1. The van der Waals surface area contributed by atoms with Crippen molar-refractivity contribution in [1.29, 1.82) is 0 Å². The van der Waals surface area contributed by atoms with E-state index in [0.717, 1.165) is 0 Å². The number of Topliss-reactive ketones (excluding diaryl/α,β-unsaturated/α-hetero) is 1. The molecule has 0 amide bonds. The second-order valence-corrected chi connectivity index (χ2v) is 2.76. The van der Waals surface area contributed by atoms with Crippen molar-refractivity contribution in [3.8, 4) is 0 Å². The summed E-state index contributed by atoms with van der Waals surface area (Å²) in [5, 5.41) is 0. The van der Waals surface area contributed by atoms with Crippen LogP contribution in [0, 0.1) is 5.92 Å². The average molecular weight is 144 g/mol. The molecule has 2 rings (SSSR count). The van der Waals surface area contributed by atoms with E-state index in [-0.39, 0.29) is 11.7 Å². The Labute approximate surface area is 60.6 Å². The molecule has 2 fully saturated rings. The second-order valence-electron chi connectivity index (χ2n) is 2.76. The average Bonchev–Trinajstić information content (AvgIpc) is 2.56. The van der Waals surface area contributed by atoms with Gasteiger partial charge in [0, 0.05) is 6.42 Å². The van der Waals surface area contributed by atoms with Gasteiger partial charge in [-0.3, -0.25) is 4.79 Å². The summed E-state index contributed by atoms with van der Waals surface area (Å²) in [6, 6.07) is 0. The van der Waals surface area contributed by atoms with E-state index in [4.69, 9.17) is 0 Å². The molecule has 2 aliphatic carbocycles. The molecule has 0 aromatic carbocycles. The molecule has 0 radical (unpaired) electrons. The van der Waals surface area contributed by atoms with Crippen LogP contribution in [0.25, 0.3) is 0 Å². The minimum atomic E-state index is -1.02. The molecular weight excluding hydrogens is 131 g/mol. The quantitative estimate of drug-likeness (QED) is 0.509. The SMILES string of the molecule is CC.O=C1CCC2(F)CC12. The summed E-state index contributed by atoms with van der Waals surface area (Å²) < 4.78 is 12.7. The highest BCUT2D eigenvalue weighted by molar-refractivity contribution is 5.88. The molecule has 2 saturated carbocycles. The zero-order valence-electron chi connectivity index (χ0n) is 6.48. The zero-order chi connectivity index (χ0) is 7.78. The van der Waals surface area contributed by atoms with E-state index >= 15 is 0 Å². The Bertz CT molecular complexity index is 155. The molecule has 0 spiro atoms. The highest BCUT2D eigenvalue weighted by atomic mass is 19.1. The fourth-order valence-electron chi connectivity index (χ4n) is 1.46. The number of carbonyl (C=O) groups excluding carboxylic acids is 1. The lowest BCUT2D eigenvalue weighted by molar-refractivity contribution is -0.119. The van der Waals surface area contributed by atoms with Crippen molar-refractivity contribution in [2.45, 2.75) is 38.8 Å². The maximum absolute atomic E-state index is 12.7. The molecule has 0 bridgehead atoms. The molecule has 0 aliphatic heterocycles. The molecule has 58 valence electrons. The number of rotatable bonds is 0. The molecule has 1 nitrogen and oxygen atoms in total. The van der Waals surface area contributed by atoms with E-state index in [0.29, 0.717) is 19.3 Å². The van der Waals surface area contributed by atoms with Crippen LogP contribution in [0.15, 0.2) is 0 Å². The number of carbonyl (C=O) groups is 1. The Kier molecular flexibility index (Phi) is 1.80. The minimum Gasteiger partial charge on any atom is -0.299 e. The van der Waals surface area contributed by atoms with Crippen LogP contribution in [0.3, 0.4) is 0 Å². The Morgan fingerprint density at radius 3 is 2.30 bits per heavy atom. The standard InChI is InChI=1S/C6H7FO.C2H6/c7-6-2-1-5(8)4(6)3-6;1-2/h4H,1-3H2;1-2H3. The van der Waals surface area contributed by atoms with Gasteiger partial charge in [-0.15, -0.1) is 0 Å². The number of hydrogen-bond acceptors (Lipinski definition) is 1. The van der Waals surface area contributed by atoms with Gasteiger partial charge in [-0.05, 0) is 12.8 Å². The summed E-state index contributed by atoms with van der Waals surface area (Å²) in [6.07, 6.45) is 1.50. The highest BCUT2D eigenvalue weighted by Gasteiger charge is 2.63. The van der Waals surface area contributed by atoms with Gasteiger partial charge in [-0.2, -0.15) is 0 Å². The molecule has 2 unspecified atom stereocenters. The van der Waals surface area contributed by atoms with Gasteiger partial charge in [0.1, 0.15) is 11.5 Å². The summed E-state index contributed by atoms with van der Waals surface area (Å²) in [7, 11) is 0. The third-order valence-electron chi connectivity index (χ3n) is 2.18. The lowest BCUT2D eigenvalue weighted by Gasteiger charge is -1.90. The normalized spacial score (nSPS) is 41.9. The highest BCUT2D eigenvalue weighted by Crippen LogP contribution is 2.56. The van der Waals surface area contributed by atoms with Crippen molar-refractivity contribution in [1.82, 2.24) is 0 Å². The van der Waals surface area contributed by atoms with Crippen molar-refractivity contribution >= 4 is 5.78 Å². The van der Waals surface area contributed by atoms with Crippen LogP contribution in [-0.4, -0.2) is 11.5 Å². The first-order valence-electron chi connectivity index (χ1n) is 3.94. The molecule has 0 aromatic rings. The van der Waals surface area contributed by atoms with Gasteiger partial charge in [0.2, 0.25) is 0 Å². The van der Waals surface area contributed by atoms with E-state index in [1.54, 1.807) is 0 Å². The third kappa shape index (κ3) is 0.957. The summed E-state index contributed by atoms with van der Waals surface area (Å²) in [4.78, 5) is 10.6. The fraction of sp³-hybridized carbons (Fsp3) is 0.875. The fourth-order valence-corrected chi connectivity index (χ4v) is 1.46. The molecule has 2 atom stereocenters. The molecule has 2 aliphatic rings. The topological polar surface area (TPSA) is 17.1 Å². The molecule has 0 aromatic heterocycles. The van der Waals surface area contributed by atoms with Crippen molar-refractivity contribution in [2.24, 2.45) is 5.92 Å². The Morgan fingerprint density at radius 1 is 1.60 bits per heavy atom. The Morgan fingerprint density at radius 2 is 2.20 bits per heavy atom. The minimum absolute atomic E-state index is 0.146. The molecule has 0 heterocycles. The maximum Gasteiger partial charge on any atom is 0.139 e. The Balaban J connectivity index is 0.000000231. The van der Waals surface area contributed by atoms with Crippen molar-refractivity contribution in [3.63, 3.8) is 0 Å². The largest absolute Gasteiger partial charge is 0.299 e. The van der Waals surface area contributed by atoms with Gasteiger partial charge < -0.3 is 0 Å². The second kappa shape index (κ2) is 2.33. The first-order chi connectivity index (χ1) is 4.72. The van der Waals surface area contributed by atoms with Crippen molar-refractivity contribution < 1.29 is 9.18 Å². The predicted molar refractivity (Wildman–Crippen MR) is 37.5 cm³/mol. The van der Waals surface area contributed by atoms with Gasteiger partial charge in [-0.1, -0.05) is 13.8 Å². The predicted octanol–water partition coefficient (Wildman–Crippen LogP) is 2.10. The lowest BCUT2D eigenvalue weighted by Crippen LogP contribution is -1.95.